The standard InChI is InChI=1S/C22H21N3O3S/c1-15-13-18(29-22-23-11-4-12-24-22)7-8-19(15)25-21(26)10-5-16-14-17(27-2)6-9-20(16)28-3/h4-14H,1-3H3,(H,25,26)/b10-5+. The zero-order chi connectivity index (χ0) is 20.6. The average Bonchev–Trinajstić information content (AvgIpc) is 2.74. The molecular formula is C22H21N3O3S. The summed E-state index contributed by atoms with van der Waals surface area (Å²) < 4.78 is 10.6. The van der Waals surface area contributed by atoms with Gasteiger partial charge in [-0.1, -0.05) is 0 Å². The molecule has 7 heteroatoms. The van der Waals surface area contributed by atoms with Gasteiger partial charge in [0, 0.05) is 34.6 Å². The fourth-order valence-electron chi connectivity index (χ4n) is 2.59. The van der Waals surface area contributed by atoms with Gasteiger partial charge in [0.05, 0.1) is 14.2 Å². The van der Waals surface area contributed by atoms with Crippen molar-refractivity contribution < 1.29 is 14.3 Å². The molecule has 0 atom stereocenters. The second-order valence-electron chi connectivity index (χ2n) is 6.04. The maximum absolute atomic E-state index is 12.4. The van der Waals surface area contributed by atoms with Crippen LogP contribution in [0.2, 0.25) is 0 Å². The van der Waals surface area contributed by atoms with Crippen LogP contribution in [0.25, 0.3) is 6.08 Å². The van der Waals surface area contributed by atoms with Crippen LogP contribution < -0.4 is 14.8 Å². The zero-order valence-electron chi connectivity index (χ0n) is 16.4. The first-order valence-corrected chi connectivity index (χ1v) is 9.67. The Labute approximate surface area is 174 Å². The molecule has 148 valence electrons. The molecule has 0 fully saturated rings. The first-order chi connectivity index (χ1) is 14.1. The molecule has 29 heavy (non-hydrogen) atoms. The monoisotopic (exact) mass is 407 g/mol. The molecule has 0 saturated heterocycles. The molecule has 0 aliphatic carbocycles. The predicted octanol–water partition coefficient (Wildman–Crippen LogP) is 4.61. The number of methoxy groups -OCH3 is 2. The number of hydrogen-bond acceptors (Lipinski definition) is 6. The molecule has 0 radical (unpaired) electrons. The number of aryl methyl sites for hydroxylation is 1. The lowest BCUT2D eigenvalue weighted by atomic mass is 10.1. The van der Waals surface area contributed by atoms with Crippen molar-refractivity contribution >= 4 is 29.4 Å². The molecule has 0 spiro atoms. The van der Waals surface area contributed by atoms with Crippen LogP contribution in [-0.4, -0.2) is 30.1 Å². The highest BCUT2D eigenvalue weighted by Crippen LogP contribution is 2.28. The molecular weight excluding hydrogens is 386 g/mol. The van der Waals surface area contributed by atoms with Crippen LogP contribution in [0.4, 0.5) is 5.69 Å². The van der Waals surface area contributed by atoms with Gasteiger partial charge in [-0.05, 0) is 72.8 Å². The summed E-state index contributed by atoms with van der Waals surface area (Å²) in [6.45, 7) is 1.94. The van der Waals surface area contributed by atoms with Gasteiger partial charge in [-0.2, -0.15) is 0 Å². The summed E-state index contributed by atoms with van der Waals surface area (Å²) in [5.74, 6) is 1.12. The van der Waals surface area contributed by atoms with Crippen LogP contribution in [0.15, 0.2) is 71.0 Å². The quantitative estimate of drug-likeness (QED) is 0.456. The van der Waals surface area contributed by atoms with Crippen molar-refractivity contribution in [2.24, 2.45) is 0 Å². The van der Waals surface area contributed by atoms with Gasteiger partial charge in [0.15, 0.2) is 5.16 Å². The van der Waals surface area contributed by atoms with Crippen molar-refractivity contribution in [2.45, 2.75) is 17.0 Å². The van der Waals surface area contributed by atoms with Crippen molar-refractivity contribution in [1.29, 1.82) is 0 Å². The number of hydrogen-bond donors (Lipinski definition) is 1. The Balaban J connectivity index is 1.68. The van der Waals surface area contributed by atoms with E-state index in [0.717, 1.165) is 21.7 Å². The molecule has 0 aliphatic rings. The van der Waals surface area contributed by atoms with Crippen LogP contribution in [0.1, 0.15) is 11.1 Å². The Kier molecular flexibility index (Phi) is 6.86. The summed E-state index contributed by atoms with van der Waals surface area (Å²) in [5, 5.41) is 3.58. The maximum atomic E-state index is 12.4. The van der Waals surface area contributed by atoms with Gasteiger partial charge in [-0.25, -0.2) is 9.97 Å². The van der Waals surface area contributed by atoms with Crippen molar-refractivity contribution in [3.8, 4) is 11.5 Å². The van der Waals surface area contributed by atoms with E-state index in [9.17, 15) is 4.79 Å². The summed E-state index contributed by atoms with van der Waals surface area (Å²) in [6.07, 6.45) is 6.58. The van der Waals surface area contributed by atoms with Crippen LogP contribution in [0.5, 0.6) is 11.5 Å². The average molecular weight is 407 g/mol. The van der Waals surface area contributed by atoms with Gasteiger partial charge in [0.25, 0.3) is 0 Å². The minimum atomic E-state index is -0.232. The van der Waals surface area contributed by atoms with Crippen LogP contribution in [0, 0.1) is 6.92 Å². The van der Waals surface area contributed by atoms with Crippen LogP contribution >= 0.6 is 11.8 Å². The molecule has 1 heterocycles. The minimum absolute atomic E-state index is 0.232. The molecule has 2 aromatic carbocycles. The molecule has 3 aromatic rings. The fourth-order valence-corrected chi connectivity index (χ4v) is 3.40. The second kappa shape index (κ2) is 9.75. The van der Waals surface area contributed by atoms with E-state index in [1.165, 1.54) is 17.8 Å². The Morgan fingerprint density at radius 3 is 2.55 bits per heavy atom. The highest BCUT2D eigenvalue weighted by Gasteiger charge is 2.07. The lowest BCUT2D eigenvalue weighted by Crippen LogP contribution is -2.09. The van der Waals surface area contributed by atoms with E-state index in [1.807, 2.05) is 31.2 Å². The number of anilines is 1. The van der Waals surface area contributed by atoms with E-state index in [0.29, 0.717) is 16.7 Å². The number of aromatic nitrogens is 2. The smallest absolute Gasteiger partial charge is 0.248 e. The maximum Gasteiger partial charge on any atom is 0.248 e. The molecule has 1 amide bonds. The van der Waals surface area contributed by atoms with E-state index in [2.05, 4.69) is 15.3 Å². The molecule has 1 N–H and O–H groups in total. The number of carbonyl (C=O) groups is 1. The Bertz CT molecular complexity index is 1020. The van der Waals surface area contributed by atoms with Gasteiger partial charge in [-0.3, -0.25) is 4.79 Å². The number of rotatable bonds is 7. The number of benzene rings is 2. The number of nitrogens with one attached hydrogen (secondary N) is 1. The lowest BCUT2D eigenvalue weighted by molar-refractivity contribution is -0.111. The van der Waals surface area contributed by atoms with Crippen molar-refractivity contribution in [3.05, 3.63) is 72.1 Å². The minimum Gasteiger partial charge on any atom is -0.497 e. The lowest BCUT2D eigenvalue weighted by Gasteiger charge is -2.09. The van der Waals surface area contributed by atoms with Gasteiger partial charge in [0.2, 0.25) is 5.91 Å². The van der Waals surface area contributed by atoms with Crippen molar-refractivity contribution in [3.63, 3.8) is 0 Å². The van der Waals surface area contributed by atoms with E-state index in [-0.39, 0.29) is 5.91 Å². The number of ether oxygens (including phenoxy) is 2. The Hall–Kier alpha value is -3.32. The number of amides is 1. The molecule has 1 aromatic heterocycles. The van der Waals surface area contributed by atoms with E-state index in [1.54, 1.807) is 50.9 Å². The van der Waals surface area contributed by atoms with Crippen LogP contribution in [0.3, 0.4) is 0 Å². The third-order valence-electron chi connectivity index (χ3n) is 4.06. The SMILES string of the molecule is COc1ccc(OC)c(/C=C/C(=O)Nc2ccc(Sc3ncccn3)cc2C)c1. The molecule has 3 rings (SSSR count). The Morgan fingerprint density at radius 2 is 1.86 bits per heavy atom. The topological polar surface area (TPSA) is 73.3 Å². The molecule has 6 nitrogen and oxygen atoms in total. The molecule has 0 aliphatic heterocycles. The first-order valence-electron chi connectivity index (χ1n) is 8.85. The Morgan fingerprint density at radius 1 is 1.07 bits per heavy atom. The third-order valence-corrected chi connectivity index (χ3v) is 4.94. The van der Waals surface area contributed by atoms with Crippen molar-refractivity contribution in [1.82, 2.24) is 9.97 Å². The summed E-state index contributed by atoms with van der Waals surface area (Å²) in [5.41, 5.74) is 2.45. The molecule has 0 bridgehead atoms. The molecule has 0 unspecified atom stereocenters. The van der Waals surface area contributed by atoms with E-state index in [4.69, 9.17) is 9.47 Å². The van der Waals surface area contributed by atoms with Gasteiger partial charge >= 0.3 is 0 Å². The normalized spacial score (nSPS) is 10.7. The van der Waals surface area contributed by atoms with Crippen molar-refractivity contribution in [2.75, 3.05) is 19.5 Å². The van der Waals surface area contributed by atoms with Crippen LogP contribution in [-0.2, 0) is 4.79 Å². The summed E-state index contributed by atoms with van der Waals surface area (Å²) in [6, 6.07) is 13.0. The van der Waals surface area contributed by atoms with E-state index >= 15 is 0 Å². The van der Waals surface area contributed by atoms with Gasteiger partial charge < -0.3 is 14.8 Å². The fraction of sp³-hybridized carbons (Fsp3) is 0.136. The number of carbonyl (C=O) groups excluding carboxylic acids is 1. The van der Waals surface area contributed by atoms with Gasteiger partial charge in [0.1, 0.15) is 11.5 Å². The third kappa shape index (κ3) is 5.58. The summed E-state index contributed by atoms with van der Waals surface area (Å²) in [7, 11) is 3.18. The summed E-state index contributed by atoms with van der Waals surface area (Å²) >= 11 is 1.47. The predicted molar refractivity (Wildman–Crippen MR) is 115 cm³/mol. The first kappa shape index (κ1) is 20.4. The molecule has 0 saturated carbocycles. The zero-order valence-corrected chi connectivity index (χ0v) is 17.2. The van der Waals surface area contributed by atoms with Gasteiger partial charge in [-0.15, -0.1) is 0 Å². The largest absolute Gasteiger partial charge is 0.497 e. The number of nitrogens with zero attached hydrogens (tertiary/aromatic N) is 2. The highest BCUT2D eigenvalue weighted by molar-refractivity contribution is 7.99. The second-order valence-corrected chi connectivity index (χ2v) is 7.08. The highest BCUT2D eigenvalue weighted by atomic mass is 32.2. The summed E-state index contributed by atoms with van der Waals surface area (Å²) in [4.78, 5) is 21.8. The van der Waals surface area contributed by atoms with E-state index < -0.39 is 0 Å².